The Labute approximate surface area is 153 Å². The molecule has 0 radical (unpaired) electrons. The molecule has 0 unspecified atom stereocenters. The molecule has 2 aromatic rings. The monoisotopic (exact) mass is 359 g/mol. The number of aromatic nitrogens is 2. The SMILES string of the molecule is CCOC1CCC(N(Cc2ccccc2F)C(=O)c2cc(C)[nH]n2)CC1. The molecular weight excluding hydrogens is 333 g/mol. The Bertz CT molecular complexity index is 738. The van der Waals surface area contributed by atoms with Crippen LogP contribution in [0.4, 0.5) is 4.39 Å². The molecule has 1 aliphatic carbocycles. The van der Waals surface area contributed by atoms with Gasteiger partial charge in [0.2, 0.25) is 0 Å². The second-order valence-electron chi connectivity index (χ2n) is 6.85. The summed E-state index contributed by atoms with van der Waals surface area (Å²) in [6.07, 6.45) is 3.80. The number of nitrogens with zero attached hydrogens (tertiary/aromatic N) is 2. The predicted molar refractivity (Wildman–Crippen MR) is 97.3 cm³/mol. The van der Waals surface area contributed by atoms with Gasteiger partial charge in [0.15, 0.2) is 0 Å². The van der Waals surface area contributed by atoms with Gasteiger partial charge in [0.1, 0.15) is 11.5 Å². The van der Waals surface area contributed by atoms with Crippen LogP contribution in [0.2, 0.25) is 0 Å². The van der Waals surface area contributed by atoms with Crippen molar-refractivity contribution in [2.45, 2.75) is 58.2 Å². The molecule has 1 saturated carbocycles. The highest BCUT2D eigenvalue weighted by Gasteiger charge is 2.31. The zero-order valence-electron chi connectivity index (χ0n) is 15.4. The maximum absolute atomic E-state index is 14.2. The van der Waals surface area contributed by atoms with Crippen molar-refractivity contribution in [3.63, 3.8) is 0 Å². The van der Waals surface area contributed by atoms with Crippen LogP contribution in [0.5, 0.6) is 0 Å². The van der Waals surface area contributed by atoms with Crippen molar-refractivity contribution in [1.82, 2.24) is 15.1 Å². The number of hydrogen-bond acceptors (Lipinski definition) is 3. The molecule has 1 N–H and O–H groups in total. The van der Waals surface area contributed by atoms with Gasteiger partial charge in [0.25, 0.3) is 5.91 Å². The topological polar surface area (TPSA) is 58.2 Å². The van der Waals surface area contributed by atoms with Crippen LogP contribution in [0.1, 0.15) is 54.4 Å². The Morgan fingerprint density at radius 1 is 1.31 bits per heavy atom. The van der Waals surface area contributed by atoms with Gasteiger partial charge >= 0.3 is 0 Å². The zero-order valence-corrected chi connectivity index (χ0v) is 15.4. The van der Waals surface area contributed by atoms with Gasteiger partial charge in [-0.05, 0) is 51.7 Å². The van der Waals surface area contributed by atoms with Crippen LogP contribution >= 0.6 is 0 Å². The summed E-state index contributed by atoms with van der Waals surface area (Å²) in [5.74, 6) is -0.441. The Balaban J connectivity index is 1.80. The number of hydrogen-bond donors (Lipinski definition) is 1. The molecule has 0 atom stereocenters. The van der Waals surface area contributed by atoms with E-state index in [4.69, 9.17) is 4.74 Å². The lowest BCUT2D eigenvalue weighted by atomic mass is 9.91. The highest BCUT2D eigenvalue weighted by atomic mass is 19.1. The summed E-state index contributed by atoms with van der Waals surface area (Å²) in [7, 11) is 0. The van der Waals surface area contributed by atoms with Crippen molar-refractivity contribution in [2.24, 2.45) is 0 Å². The number of rotatable bonds is 6. The van der Waals surface area contributed by atoms with Crippen LogP contribution in [0.3, 0.4) is 0 Å². The molecule has 6 heteroatoms. The van der Waals surface area contributed by atoms with Gasteiger partial charge in [-0.15, -0.1) is 0 Å². The number of amides is 1. The fourth-order valence-corrected chi connectivity index (χ4v) is 3.61. The first-order valence-corrected chi connectivity index (χ1v) is 9.26. The van der Waals surface area contributed by atoms with Gasteiger partial charge in [-0.3, -0.25) is 9.89 Å². The van der Waals surface area contributed by atoms with Crippen molar-refractivity contribution in [2.75, 3.05) is 6.61 Å². The molecule has 140 valence electrons. The molecule has 0 aliphatic heterocycles. The number of carbonyl (C=O) groups excluding carboxylic acids is 1. The average molecular weight is 359 g/mol. The largest absolute Gasteiger partial charge is 0.379 e. The van der Waals surface area contributed by atoms with Gasteiger partial charge in [-0.1, -0.05) is 18.2 Å². The van der Waals surface area contributed by atoms with Crippen LogP contribution in [0, 0.1) is 12.7 Å². The second kappa shape index (κ2) is 8.45. The molecule has 26 heavy (non-hydrogen) atoms. The first-order valence-electron chi connectivity index (χ1n) is 9.26. The average Bonchev–Trinajstić information content (AvgIpc) is 3.08. The number of benzene rings is 1. The maximum Gasteiger partial charge on any atom is 0.274 e. The third-order valence-corrected chi connectivity index (χ3v) is 4.97. The van der Waals surface area contributed by atoms with E-state index in [9.17, 15) is 9.18 Å². The Hall–Kier alpha value is -2.21. The quantitative estimate of drug-likeness (QED) is 0.852. The molecule has 1 fully saturated rings. The van der Waals surface area contributed by atoms with E-state index in [-0.39, 0.29) is 30.4 Å². The van der Waals surface area contributed by atoms with E-state index in [1.165, 1.54) is 6.07 Å². The van der Waals surface area contributed by atoms with Crippen LogP contribution in [-0.4, -0.2) is 39.8 Å². The minimum absolute atomic E-state index is 0.0656. The fourth-order valence-electron chi connectivity index (χ4n) is 3.61. The van der Waals surface area contributed by atoms with Crippen LogP contribution in [0.15, 0.2) is 30.3 Å². The third-order valence-electron chi connectivity index (χ3n) is 4.97. The van der Waals surface area contributed by atoms with E-state index in [1.54, 1.807) is 29.2 Å². The van der Waals surface area contributed by atoms with E-state index in [2.05, 4.69) is 10.2 Å². The van der Waals surface area contributed by atoms with Crippen molar-refractivity contribution >= 4 is 5.91 Å². The van der Waals surface area contributed by atoms with Crippen LogP contribution in [-0.2, 0) is 11.3 Å². The molecule has 3 rings (SSSR count). The smallest absolute Gasteiger partial charge is 0.274 e. The minimum Gasteiger partial charge on any atom is -0.379 e. The highest BCUT2D eigenvalue weighted by molar-refractivity contribution is 5.92. The number of H-pyrrole nitrogens is 1. The van der Waals surface area contributed by atoms with E-state index in [1.807, 2.05) is 13.8 Å². The van der Waals surface area contributed by atoms with Crippen LogP contribution < -0.4 is 0 Å². The van der Waals surface area contributed by atoms with Gasteiger partial charge in [0, 0.05) is 30.5 Å². The van der Waals surface area contributed by atoms with Gasteiger partial charge in [-0.2, -0.15) is 5.10 Å². The fraction of sp³-hybridized carbons (Fsp3) is 0.500. The van der Waals surface area contributed by atoms with Crippen LogP contribution in [0.25, 0.3) is 0 Å². The van der Waals surface area contributed by atoms with Gasteiger partial charge in [0.05, 0.1) is 6.10 Å². The molecule has 1 aliphatic rings. The summed E-state index contributed by atoms with van der Waals surface area (Å²) in [6.45, 7) is 4.82. The van der Waals surface area contributed by atoms with Crippen molar-refractivity contribution in [3.05, 3.63) is 53.1 Å². The summed E-state index contributed by atoms with van der Waals surface area (Å²) in [5, 5.41) is 6.92. The molecule has 1 heterocycles. The lowest BCUT2D eigenvalue weighted by Gasteiger charge is -2.36. The molecular formula is C20H26FN3O2. The maximum atomic E-state index is 14.2. The highest BCUT2D eigenvalue weighted by Crippen LogP contribution is 2.28. The number of halogens is 1. The zero-order chi connectivity index (χ0) is 18.5. The third kappa shape index (κ3) is 4.30. The number of aryl methyl sites for hydroxylation is 1. The Morgan fingerprint density at radius 3 is 2.65 bits per heavy atom. The number of carbonyl (C=O) groups is 1. The number of nitrogens with one attached hydrogen (secondary N) is 1. The van der Waals surface area contributed by atoms with Gasteiger partial charge in [-0.25, -0.2) is 4.39 Å². The Morgan fingerprint density at radius 2 is 2.04 bits per heavy atom. The van der Waals surface area contributed by atoms with E-state index >= 15 is 0 Å². The second-order valence-corrected chi connectivity index (χ2v) is 6.85. The molecule has 0 spiro atoms. The minimum atomic E-state index is -0.286. The first-order chi connectivity index (χ1) is 12.6. The number of aromatic amines is 1. The molecule has 0 bridgehead atoms. The summed E-state index contributed by atoms with van der Waals surface area (Å²) in [5.41, 5.74) is 1.74. The Kier molecular flexibility index (Phi) is 6.04. The molecule has 1 aromatic heterocycles. The molecule has 1 aromatic carbocycles. The van der Waals surface area contributed by atoms with E-state index in [0.717, 1.165) is 31.4 Å². The molecule has 0 saturated heterocycles. The summed E-state index contributed by atoms with van der Waals surface area (Å²) in [4.78, 5) is 14.8. The predicted octanol–water partition coefficient (Wildman–Crippen LogP) is 3.85. The number of ether oxygens (including phenoxy) is 1. The normalized spacial score (nSPS) is 20.1. The molecule has 1 amide bonds. The summed E-state index contributed by atoms with van der Waals surface area (Å²) < 4.78 is 19.9. The lowest BCUT2D eigenvalue weighted by molar-refractivity contribution is 0.0118. The van der Waals surface area contributed by atoms with E-state index in [0.29, 0.717) is 17.9 Å². The van der Waals surface area contributed by atoms with E-state index < -0.39 is 0 Å². The van der Waals surface area contributed by atoms with Crippen molar-refractivity contribution in [1.29, 1.82) is 0 Å². The summed E-state index contributed by atoms with van der Waals surface area (Å²) in [6, 6.07) is 8.43. The standard InChI is InChI=1S/C20H26FN3O2/c1-3-26-17-10-8-16(9-11-17)24(13-15-6-4-5-7-18(15)21)20(25)19-12-14(2)22-23-19/h4-7,12,16-17H,3,8-11,13H2,1-2H3,(H,22,23). The lowest BCUT2D eigenvalue weighted by Crippen LogP contribution is -2.43. The first kappa shape index (κ1) is 18.6. The van der Waals surface area contributed by atoms with Crippen molar-refractivity contribution < 1.29 is 13.9 Å². The summed E-state index contributed by atoms with van der Waals surface area (Å²) >= 11 is 0. The van der Waals surface area contributed by atoms with Gasteiger partial charge < -0.3 is 9.64 Å². The molecule has 5 nitrogen and oxygen atoms in total. The van der Waals surface area contributed by atoms with Crippen molar-refractivity contribution in [3.8, 4) is 0 Å².